The topological polar surface area (TPSA) is 42.7 Å². The van der Waals surface area contributed by atoms with Gasteiger partial charge in [0.25, 0.3) is 0 Å². The molecule has 0 aliphatic heterocycles. The van der Waals surface area contributed by atoms with Gasteiger partial charge in [0.15, 0.2) is 5.69 Å². The Hall–Kier alpha value is -2.32. The first-order valence-electron chi connectivity index (χ1n) is 7.03. The molecule has 0 saturated heterocycles. The van der Waals surface area contributed by atoms with E-state index >= 15 is 0 Å². The van der Waals surface area contributed by atoms with Gasteiger partial charge in [-0.1, -0.05) is 41.6 Å². The summed E-state index contributed by atoms with van der Waals surface area (Å²) in [5.74, 6) is 0. The highest BCUT2D eigenvalue weighted by Crippen LogP contribution is 2.34. The fourth-order valence-corrected chi connectivity index (χ4v) is 3.14. The van der Waals surface area contributed by atoms with Crippen molar-refractivity contribution in [2.24, 2.45) is 7.05 Å². The molecule has 0 spiro atoms. The summed E-state index contributed by atoms with van der Waals surface area (Å²) in [7, 11) is 1.45. The lowest BCUT2D eigenvalue weighted by molar-refractivity contribution is -0.141. The molecular formula is C16H12ClF3N4S. The van der Waals surface area contributed by atoms with Crippen LogP contribution in [0, 0.1) is 0 Å². The van der Waals surface area contributed by atoms with Crippen LogP contribution in [0.3, 0.4) is 0 Å². The minimum atomic E-state index is -4.49. The lowest BCUT2D eigenvalue weighted by Crippen LogP contribution is -2.06. The van der Waals surface area contributed by atoms with Crippen LogP contribution in [0.15, 0.2) is 43.1 Å². The zero-order valence-corrected chi connectivity index (χ0v) is 14.5. The summed E-state index contributed by atoms with van der Waals surface area (Å²) in [6.07, 6.45) is -2.95. The lowest BCUT2D eigenvalue weighted by atomic mass is 10.2. The summed E-state index contributed by atoms with van der Waals surface area (Å²) >= 11 is 7.06. The standard InChI is InChI=1S/C16H12ClF3N4S/c1-9(10-3-5-11(17)6-4-10)22-14-8-21-15(25-14)12-7-13(16(18,19)20)23-24(12)2/h3-8,22H,1H2,2H3. The summed E-state index contributed by atoms with van der Waals surface area (Å²) in [4.78, 5) is 4.17. The Morgan fingerprint density at radius 2 is 1.96 bits per heavy atom. The Morgan fingerprint density at radius 3 is 2.56 bits per heavy atom. The highest BCUT2D eigenvalue weighted by Gasteiger charge is 2.35. The Labute approximate surface area is 150 Å². The monoisotopic (exact) mass is 384 g/mol. The van der Waals surface area contributed by atoms with Gasteiger partial charge in [0, 0.05) is 17.8 Å². The van der Waals surface area contributed by atoms with Gasteiger partial charge in [-0.25, -0.2) is 4.98 Å². The molecule has 0 atom stereocenters. The number of hydrogen-bond donors (Lipinski definition) is 1. The molecule has 2 aromatic heterocycles. The number of anilines is 1. The molecule has 0 amide bonds. The number of hydrogen-bond acceptors (Lipinski definition) is 4. The molecule has 0 aliphatic rings. The molecule has 0 bridgehead atoms. The fourth-order valence-electron chi connectivity index (χ4n) is 2.13. The van der Waals surface area contributed by atoms with E-state index in [1.807, 2.05) is 12.1 Å². The molecule has 130 valence electrons. The quantitative estimate of drug-likeness (QED) is 0.663. The normalized spacial score (nSPS) is 11.6. The van der Waals surface area contributed by atoms with Gasteiger partial charge in [0.2, 0.25) is 0 Å². The fraction of sp³-hybridized carbons (Fsp3) is 0.125. The van der Waals surface area contributed by atoms with E-state index < -0.39 is 11.9 Å². The van der Waals surface area contributed by atoms with Crippen LogP contribution in [0.1, 0.15) is 11.3 Å². The largest absolute Gasteiger partial charge is 0.435 e. The van der Waals surface area contributed by atoms with Gasteiger partial charge >= 0.3 is 6.18 Å². The number of nitrogens with zero attached hydrogens (tertiary/aromatic N) is 3. The van der Waals surface area contributed by atoms with E-state index in [1.165, 1.54) is 23.1 Å². The van der Waals surface area contributed by atoms with Crippen LogP contribution < -0.4 is 5.32 Å². The minimum absolute atomic E-state index is 0.294. The molecule has 2 heterocycles. The van der Waals surface area contributed by atoms with Gasteiger partial charge < -0.3 is 5.32 Å². The first-order valence-corrected chi connectivity index (χ1v) is 8.23. The molecule has 3 aromatic rings. The second kappa shape index (κ2) is 6.53. The number of benzene rings is 1. The molecule has 0 unspecified atom stereocenters. The van der Waals surface area contributed by atoms with Gasteiger partial charge in [-0.3, -0.25) is 4.68 Å². The number of alkyl halides is 3. The molecule has 3 rings (SSSR count). The predicted octanol–water partition coefficient (Wildman–Crippen LogP) is 5.30. The SMILES string of the molecule is C=C(Nc1cnc(-c2cc(C(F)(F)F)nn2C)s1)c1ccc(Cl)cc1. The van der Waals surface area contributed by atoms with Crippen LogP contribution in [0.5, 0.6) is 0 Å². The smallest absolute Gasteiger partial charge is 0.346 e. The van der Waals surface area contributed by atoms with E-state index in [1.54, 1.807) is 18.3 Å². The van der Waals surface area contributed by atoms with Gasteiger partial charge in [-0.15, -0.1) is 0 Å². The molecule has 0 saturated carbocycles. The molecule has 1 aromatic carbocycles. The summed E-state index contributed by atoms with van der Waals surface area (Å²) in [5, 5.41) is 8.29. The van der Waals surface area contributed by atoms with Crippen LogP contribution in [0.2, 0.25) is 5.02 Å². The zero-order chi connectivity index (χ0) is 18.2. The van der Waals surface area contributed by atoms with Crippen LogP contribution >= 0.6 is 22.9 Å². The van der Waals surface area contributed by atoms with Gasteiger partial charge in [-0.2, -0.15) is 18.3 Å². The maximum Gasteiger partial charge on any atom is 0.435 e. The summed E-state index contributed by atoms with van der Waals surface area (Å²) in [6.45, 7) is 3.94. The Morgan fingerprint density at radius 1 is 1.28 bits per heavy atom. The maximum atomic E-state index is 12.8. The van der Waals surface area contributed by atoms with E-state index in [0.29, 0.717) is 26.4 Å². The van der Waals surface area contributed by atoms with Crippen LogP contribution in [-0.2, 0) is 13.2 Å². The van der Waals surface area contributed by atoms with E-state index in [4.69, 9.17) is 11.6 Å². The number of aryl methyl sites for hydroxylation is 1. The van der Waals surface area contributed by atoms with Crippen LogP contribution in [0.4, 0.5) is 18.2 Å². The number of nitrogens with one attached hydrogen (secondary N) is 1. The van der Waals surface area contributed by atoms with Crippen molar-refractivity contribution in [3.63, 3.8) is 0 Å². The molecule has 1 N–H and O–H groups in total. The van der Waals surface area contributed by atoms with E-state index in [2.05, 4.69) is 22.0 Å². The van der Waals surface area contributed by atoms with Gasteiger partial charge in [0.05, 0.1) is 11.9 Å². The lowest BCUT2D eigenvalue weighted by Gasteiger charge is -2.07. The Kier molecular flexibility index (Phi) is 4.57. The third-order valence-electron chi connectivity index (χ3n) is 3.36. The van der Waals surface area contributed by atoms with Crippen molar-refractivity contribution in [2.75, 3.05) is 5.32 Å². The highest BCUT2D eigenvalue weighted by atomic mass is 35.5. The average Bonchev–Trinajstić information content (AvgIpc) is 3.14. The van der Waals surface area contributed by atoms with Crippen molar-refractivity contribution in [3.05, 3.63) is 59.4 Å². The van der Waals surface area contributed by atoms with E-state index in [9.17, 15) is 13.2 Å². The molecule has 0 aliphatic carbocycles. The molecule has 4 nitrogen and oxygen atoms in total. The molecular weight excluding hydrogens is 373 g/mol. The first-order chi connectivity index (χ1) is 11.7. The third-order valence-corrected chi connectivity index (χ3v) is 4.55. The van der Waals surface area contributed by atoms with Crippen molar-refractivity contribution in [3.8, 4) is 10.7 Å². The molecule has 0 fully saturated rings. The summed E-state index contributed by atoms with van der Waals surface area (Å²) in [6, 6.07) is 8.11. The van der Waals surface area contributed by atoms with Gasteiger partial charge in [0.1, 0.15) is 10.0 Å². The molecule has 25 heavy (non-hydrogen) atoms. The minimum Gasteiger partial charge on any atom is -0.346 e. The first kappa shape index (κ1) is 17.5. The zero-order valence-electron chi connectivity index (χ0n) is 12.9. The Balaban J connectivity index is 1.80. The van der Waals surface area contributed by atoms with Crippen LogP contribution in [-0.4, -0.2) is 14.8 Å². The predicted molar refractivity (Wildman–Crippen MR) is 93.4 cm³/mol. The van der Waals surface area contributed by atoms with Crippen LogP contribution in [0.25, 0.3) is 16.4 Å². The summed E-state index contributed by atoms with van der Waals surface area (Å²) < 4.78 is 39.5. The highest BCUT2D eigenvalue weighted by molar-refractivity contribution is 7.19. The maximum absolute atomic E-state index is 12.8. The second-order valence-electron chi connectivity index (χ2n) is 5.18. The number of halogens is 4. The Bertz CT molecular complexity index is 912. The van der Waals surface area contributed by atoms with Crippen molar-refractivity contribution in [1.29, 1.82) is 0 Å². The number of aromatic nitrogens is 3. The summed E-state index contributed by atoms with van der Waals surface area (Å²) in [5.41, 5.74) is 0.829. The van der Waals surface area contributed by atoms with Gasteiger partial charge in [-0.05, 0) is 23.8 Å². The number of thiazole rings is 1. The van der Waals surface area contributed by atoms with E-state index in [-0.39, 0.29) is 0 Å². The molecule has 9 heteroatoms. The second-order valence-corrected chi connectivity index (χ2v) is 6.64. The van der Waals surface area contributed by atoms with Crippen molar-refractivity contribution < 1.29 is 13.2 Å². The van der Waals surface area contributed by atoms with E-state index in [0.717, 1.165) is 11.6 Å². The van der Waals surface area contributed by atoms with Crippen molar-refractivity contribution in [1.82, 2.24) is 14.8 Å². The average molecular weight is 385 g/mol. The van der Waals surface area contributed by atoms with Crippen molar-refractivity contribution in [2.45, 2.75) is 6.18 Å². The van der Waals surface area contributed by atoms with Crippen molar-refractivity contribution >= 4 is 33.6 Å². The molecule has 0 radical (unpaired) electrons. The third kappa shape index (κ3) is 3.85. The number of rotatable bonds is 4.